The lowest BCUT2D eigenvalue weighted by Gasteiger charge is -2.39. The van der Waals surface area contributed by atoms with Gasteiger partial charge >= 0.3 is 0 Å². The van der Waals surface area contributed by atoms with Gasteiger partial charge in [0.05, 0.1) is 12.0 Å². The summed E-state index contributed by atoms with van der Waals surface area (Å²) in [5.74, 6) is -0.823. The van der Waals surface area contributed by atoms with Gasteiger partial charge in [0.1, 0.15) is 11.5 Å². The molecule has 0 aromatic heterocycles. The van der Waals surface area contributed by atoms with E-state index >= 15 is 4.79 Å². The van der Waals surface area contributed by atoms with E-state index in [9.17, 15) is 9.59 Å². The number of carbonyl (C=O) groups excluding carboxylic acids is 3. The number of anilines is 2. The maximum atomic E-state index is 15.0. The average molecular weight is 569 g/mol. The van der Waals surface area contributed by atoms with Crippen LogP contribution in [0.1, 0.15) is 44.3 Å². The Balaban J connectivity index is 1.43. The molecule has 8 rings (SSSR count). The Labute approximate surface area is 248 Å². The lowest BCUT2D eigenvalue weighted by atomic mass is 9.64. The molecule has 212 valence electrons. The summed E-state index contributed by atoms with van der Waals surface area (Å²) >= 11 is 0. The van der Waals surface area contributed by atoms with Crippen molar-refractivity contribution < 1.29 is 23.9 Å². The normalized spacial score (nSPS) is 24.2. The number of carbonyl (C=O) groups is 3. The molecule has 4 aromatic rings. The van der Waals surface area contributed by atoms with E-state index in [4.69, 9.17) is 9.47 Å². The predicted molar refractivity (Wildman–Crippen MR) is 163 cm³/mol. The highest BCUT2D eigenvalue weighted by Crippen LogP contribution is 2.59. The minimum atomic E-state index is -1.37. The molecule has 1 spiro atoms. The summed E-state index contributed by atoms with van der Waals surface area (Å²) in [6.07, 6.45) is 2.07. The van der Waals surface area contributed by atoms with Crippen LogP contribution in [0.2, 0.25) is 0 Å². The number of amides is 1. The van der Waals surface area contributed by atoms with Gasteiger partial charge in [-0.1, -0.05) is 66.2 Å². The van der Waals surface area contributed by atoms with Crippen LogP contribution in [0.4, 0.5) is 11.4 Å². The van der Waals surface area contributed by atoms with Gasteiger partial charge in [0.25, 0.3) is 0 Å². The fourth-order valence-electron chi connectivity index (χ4n) is 7.55. The molecule has 1 fully saturated rings. The van der Waals surface area contributed by atoms with Crippen LogP contribution in [0, 0.1) is 12.8 Å². The summed E-state index contributed by atoms with van der Waals surface area (Å²) in [6.45, 7) is 4.13. The van der Waals surface area contributed by atoms with Gasteiger partial charge < -0.3 is 19.7 Å². The van der Waals surface area contributed by atoms with E-state index in [2.05, 4.69) is 17.5 Å². The van der Waals surface area contributed by atoms with Crippen molar-refractivity contribution in [2.45, 2.75) is 31.3 Å². The quantitative estimate of drug-likeness (QED) is 0.306. The average Bonchev–Trinajstić information content (AvgIpc) is 3.70. The minimum absolute atomic E-state index is 0.0708. The van der Waals surface area contributed by atoms with Gasteiger partial charge in [-0.05, 0) is 61.4 Å². The summed E-state index contributed by atoms with van der Waals surface area (Å²) in [4.78, 5) is 46.4. The largest absolute Gasteiger partial charge is 0.454 e. The highest BCUT2D eigenvalue weighted by atomic mass is 16.7. The van der Waals surface area contributed by atoms with Crippen LogP contribution in [-0.2, 0) is 10.2 Å². The van der Waals surface area contributed by atoms with Crippen molar-refractivity contribution in [3.05, 3.63) is 125 Å². The number of allylic oxidation sites excluding steroid dienone is 1. The maximum absolute atomic E-state index is 15.0. The summed E-state index contributed by atoms with van der Waals surface area (Å²) < 4.78 is 11.1. The Morgan fingerprint density at radius 3 is 2.44 bits per heavy atom. The van der Waals surface area contributed by atoms with Crippen LogP contribution >= 0.6 is 0 Å². The van der Waals surface area contributed by atoms with Crippen LogP contribution in [0.5, 0.6) is 11.5 Å². The molecule has 1 N–H and O–H groups in total. The van der Waals surface area contributed by atoms with Crippen molar-refractivity contribution in [3.8, 4) is 11.5 Å². The van der Waals surface area contributed by atoms with Crippen LogP contribution in [0.3, 0.4) is 0 Å². The third kappa shape index (κ3) is 3.45. The number of ether oxygens (including phenoxy) is 2. The number of Topliss-reactive ketones (excluding diaryl/α,β-unsaturated/α-hetero) is 2. The van der Waals surface area contributed by atoms with Gasteiger partial charge in [-0.25, -0.2) is 0 Å². The molecule has 0 aliphatic carbocycles. The van der Waals surface area contributed by atoms with E-state index in [0.29, 0.717) is 28.3 Å². The smallest absolute Gasteiger partial charge is 0.238 e. The second kappa shape index (κ2) is 9.16. The van der Waals surface area contributed by atoms with E-state index in [-0.39, 0.29) is 24.3 Å². The second-order valence-corrected chi connectivity index (χ2v) is 11.7. The van der Waals surface area contributed by atoms with Crippen LogP contribution in [0.15, 0.2) is 97.1 Å². The monoisotopic (exact) mass is 568 g/mol. The number of aryl methyl sites for hydroxylation is 1. The zero-order valence-corrected chi connectivity index (χ0v) is 23.7. The zero-order valence-electron chi connectivity index (χ0n) is 23.7. The molecule has 0 unspecified atom stereocenters. The summed E-state index contributed by atoms with van der Waals surface area (Å²) in [7, 11) is 0. The summed E-state index contributed by atoms with van der Waals surface area (Å²) in [5.41, 5.74) is 4.76. The lowest BCUT2D eigenvalue weighted by Crippen LogP contribution is -2.51. The molecule has 0 saturated carbocycles. The van der Waals surface area contributed by atoms with E-state index in [1.165, 1.54) is 0 Å². The fourth-order valence-corrected chi connectivity index (χ4v) is 7.55. The molecule has 0 radical (unpaired) electrons. The van der Waals surface area contributed by atoms with Gasteiger partial charge in [-0.2, -0.15) is 0 Å². The summed E-state index contributed by atoms with van der Waals surface area (Å²) in [5, 5.41) is 3.09. The van der Waals surface area contributed by atoms with Crippen molar-refractivity contribution in [1.82, 2.24) is 0 Å². The Hall–Kier alpha value is -5.17. The molecule has 4 atom stereocenters. The number of hydrogen-bond donors (Lipinski definition) is 1. The molecule has 7 heteroatoms. The van der Waals surface area contributed by atoms with Gasteiger partial charge in [0.15, 0.2) is 23.1 Å². The topological polar surface area (TPSA) is 84.9 Å². The molecule has 7 nitrogen and oxygen atoms in total. The van der Waals surface area contributed by atoms with Crippen molar-refractivity contribution >= 4 is 34.4 Å². The molecule has 4 heterocycles. The molecule has 1 saturated heterocycles. The number of nitrogens with zero attached hydrogens (tertiary/aromatic N) is 1. The fraction of sp³-hybridized carbons (Fsp3) is 0.194. The van der Waals surface area contributed by atoms with Gasteiger partial charge in [-0.15, -0.1) is 0 Å². The van der Waals surface area contributed by atoms with E-state index in [1.807, 2.05) is 73.3 Å². The standard InChI is InChI=1S/C36H28N2O5/c1-20-12-14-27-24(16-20)21(2)17-30-36(25-10-6-7-11-26(25)37-35(36)41)31(32(38(27)30)34(40)22-8-4-3-5-9-22)33(39)23-13-15-28-29(18-23)43-19-42-28/h3-18,30-32H,19H2,1-2H3,(H,37,41)/t30-,31+,32-,36+/m0/s1. The Bertz CT molecular complexity index is 1900. The molecule has 4 aliphatic rings. The second-order valence-electron chi connectivity index (χ2n) is 11.7. The zero-order chi connectivity index (χ0) is 29.5. The third-order valence-corrected chi connectivity index (χ3v) is 9.40. The van der Waals surface area contributed by atoms with E-state index in [0.717, 1.165) is 28.0 Å². The summed E-state index contributed by atoms with van der Waals surface area (Å²) in [6, 6.07) is 26.2. The third-order valence-electron chi connectivity index (χ3n) is 9.40. The van der Waals surface area contributed by atoms with Crippen LogP contribution in [0.25, 0.3) is 5.57 Å². The highest BCUT2D eigenvalue weighted by molar-refractivity contribution is 6.18. The van der Waals surface area contributed by atoms with Gasteiger partial charge in [0, 0.05) is 28.1 Å². The SMILES string of the molecule is CC1=C[C@@H]2N(c3ccc(C)cc31)[C@H](C(=O)c1ccccc1)[C@H](C(=O)c1ccc3c(c1)OCO3)[C@]21C(=O)Nc2ccccc21. The number of hydrogen-bond acceptors (Lipinski definition) is 6. The molecular weight excluding hydrogens is 540 g/mol. The predicted octanol–water partition coefficient (Wildman–Crippen LogP) is 5.97. The highest BCUT2D eigenvalue weighted by Gasteiger charge is 2.70. The van der Waals surface area contributed by atoms with Crippen LogP contribution in [-0.4, -0.2) is 36.4 Å². The van der Waals surface area contributed by atoms with Crippen molar-refractivity contribution in [1.29, 1.82) is 0 Å². The first-order valence-electron chi connectivity index (χ1n) is 14.4. The van der Waals surface area contributed by atoms with E-state index < -0.39 is 23.4 Å². The first-order chi connectivity index (χ1) is 20.9. The molecule has 4 aliphatic heterocycles. The lowest BCUT2D eigenvalue weighted by molar-refractivity contribution is -0.121. The molecule has 1 amide bonds. The van der Waals surface area contributed by atoms with Gasteiger partial charge in [0.2, 0.25) is 12.7 Å². The number of nitrogens with one attached hydrogen (secondary N) is 1. The van der Waals surface area contributed by atoms with Crippen molar-refractivity contribution in [2.75, 3.05) is 17.0 Å². The molecular formula is C36H28N2O5. The minimum Gasteiger partial charge on any atom is -0.454 e. The Morgan fingerprint density at radius 2 is 1.60 bits per heavy atom. The van der Waals surface area contributed by atoms with Gasteiger partial charge in [-0.3, -0.25) is 14.4 Å². The molecule has 4 aromatic carbocycles. The number of rotatable bonds is 4. The Kier molecular flexibility index (Phi) is 5.44. The first kappa shape index (κ1) is 25.5. The van der Waals surface area contributed by atoms with Crippen molar-refractivity contribution in [2.24, 2.45) is 5.92 Å². The number of para-hydroxylation sites is 1. The Morgan fingerprint density at radius 1 is 0.837 bits per heavy atom. The number of fused-ring (bicyclic) bond motifs is 7. The van der Waals surface area contributed by atoms with Crippen LogP contribution < -0.4 is 19.7 Å². The maximum Gasteiger partial charge on any atom is 0.238 e. The molecule has 43 heavy (non-hydrogen) atoms. The number of benzene rings is 4. The number of ketones is 2. The van der Waals surface area contributed by atoms with E-state index in [1.54, 1.807) is 30.3 Å². The first-order valence-corrected chi connectivity index (χ1v) is 14.4. The van der Waals surface area contributed by atoms with Crippen molar-refractivity contribution in [3.63, 3.8) is 0 Å². The molecule has 0 bridgehead atoms.